The third-order valence-corrected chi connectivity index (χ3v) is 3.17. The predicted octanol–water partition coefficient (Wildman–Crippen LogP) is 1.43. The fourth-order valence-corrected chi connectivity index (χ4v) is 2.07. The van der Waals surface area contributed by atoms with Crippen molar-refractivity contribution in [3.8, 4) is 5.75 Å². The van der Waals surface area contributed by atoms with Gasteiger partial charge in [-0.3, -0.25) is 10.2 Å². The molecule has 1 N–H and O–H groups in total. The lowest BCUT2D eigenvalue weighted by Gasteiger charge is -2.27. The zero-order valence-electron chi connectivity index (χ0n) is 10.1. The fraction of sp³-hybridized carbons (Fsp3) is 0.417. The molecule has 0 saturated carbocycles. The summed E-state index contributed by atoms with van der Waals surface area (Å²) < 4.78 is 11.3. The molecule has 0 unspecified atom stereocenters. The molecule has 1 fully saturated rings. The van der Waals surface area contributed by atoms with Crippen LogP contribution >= 0.6 is 15.9 Å². The summed E-state index contributed by atoms with van der Waals surface area (Å²) >= 11 is 3.35. The van der Waals surface area contributed by atoms with Gasteiger partial charge in [0.15, 0.2) is 0 Å². The second-order valence-electron chi connectivity index (χ2n) is 3.88. The van der Waals surface area contributed by atoms with E-state index in [1.54, 1.807) is 19.2 Å². The molecule has 1 heterocycles. The molecule has 1 saturated heterocycles. The number of amides is 1. The average Bonchev–Trinajstić information content (AvgIpc) is 2.39. The zero-order valence-corrected chi connectivity index (χ0v) is 11.7. The van der Waals surface area contributed by atoms with Gasteiger partial charge >= 0.3 is 0 Å². The Kier molecular flexibility index (Phi) is 4.57. The Bertz CT molecular complexity index is 433. The standard InChI is InChI=1S/C12H15BrN2O3/c1-17-11-8-9(13)2-3-10(11)12(16)14-15-4-6-18-7-5-15/h2-3,8H,4-7H2,1H3,(H,14,16). The van der Waals surface area contributed by atoms with E-state index in [2.05, 4.69) is 21.4 Å². The molecule has 1 aliphatic rings. The Morgan fingerprint density at radius 2 is 2.17 bits per heavy atom. The number of halogens is 1. The van der Waals surface area contributed by atoms with Gasteiger partial charge in [-0.2, -0.15) is 0 Å². The predicted molar refractivity (Wildman–Crippen MR) is 70.6 cm³/mol. The lowest BCUT2D eigenvalue weighted by Crippen LogP contribution is -2.48. The fourth-order valence-electron chi connectivity index (χ4n) is 1.73. The molecule has 1 amide bonds. The van der Waals surface area contributed by atoms with Crippen molar-refractivity contribution in [1.29, 1.82) is 0 Å². The van der Waals surface area contributed by atoms with E-state index in [-0.39, 0.29) is 5.91 Å². The van der Waals surface area contributed by atoms with E-state index >= 15 is 0 Å². The molecule has 6 heteroatoms. The number of nitrogens with one attached hydrogen (secondary N) is 1. The van der Waals surface area contributed by atoms with Gasteiger partial charge in [0, 0.05) is 17.6 Å². The van der Waals surface area contributed by atoms with Gasteiger partial charge in [-0.15, -0.1) is 0 Å². The first kappa shape index (κ1) is 13.3. The first-order valence-corrected chi connectivity index (χ1v) is 6.47. The lowest BCUT2D eigenvalue weighted by molar-refractivity contribution is 0.0125. The first-order valence-electron chi connectivity index (χ1n) is 5.68. The number of rotatable bonds is 3. The smallest absolute Gasteiger partial charge is 0.269 e. The van der Waals surface area contributed by atoms with Crippen molar-refractivity contribution in [3.05, 3.63) is 28.2 Å². The van der Waals surface area contributed by atoms with E-state index in [9.17, 15) is 4.79 Å². The van der Waals surface area contributed by atoms with E-state index in [4.69, 9.17) is 9.47 Å². The molecule has 0 aromatic heterocycles. The molecule has 98 valence electrons. The van der Waals surface area contributed by atoms with Gasteiger partial charge in [-0.25, -0.2) is 5.01 Å². The molecule has 1 aromatic rings. The van der Waals surface area contributed by atoms with Crippen molar-refractivity contribution in [2.24, 2.45) is 0 Å². The number of methoxy groups -OCH3 is 1. The van der Waals surface area contributed by atoms with Crippen molar-refractivity contribution in [3.63, 3.8) is 0 Å². The minimum atomic E-state index is -0.166. The van der Waals surface area contributed by atoms with E-state index in [1.165, 1.54) is 0 Å². The molecular formula is C12H15BrN2O3. The largest absolute Gasteiger partial charge is 0.496 e. The van der Waals surface area contributed by atoms with Gasteiger partial charge in [-0.1, -0.05) is 15.9 Å². The number of ether oxygens (including phenoxy) is 2. The van der Waals surface area contributed by atoms with Gasteiger partial charge in [0.05, 0.1) is 25.9 Å². The van der Waals surface area contributed by atoms with Crippen molar-refractivity contribution in [2.45, 2.75) is 0 Å². The van der Waals surface area contributed by atoms with Gasteiger partial charge in [0.2, 0.25) is 0 Å². The SMILES string of the molecule is COc1cc(Br)ccc1C(=O)NN1CCOCC1. The minimum Gasteiger partial charge on any atom is -0.496 e. The summed E-state index contributed by atoms with van der Waals surface area (Å²) in [6.45, 7) is 2.67. The monoisotopic (exact) mass is 314 g/mol. The van der Waals surface area contributed by atoms with Crippen LogP contribution in [0, 0.1) is 0 Å². The number of benzene rings is 1. The quantitative estimate of drug-likeness (QED) is 0.917. The molecule has 1 aromatic carbocycles. The summed E-state index contributed by atoms with van der Waals surface area (Å²) in [6, 6.07) is 5.32. The van der Waals surface area contributed by atoms with Crippen LogP contribution in [0.1, 0.15) is 10.4 Å². The summed E-state index contributed by atoms with van der Waals surface area (Å²) in [6.07, 6.45) is 0. The second-order valence-corrected chi connectivity index (χ2v) is 4.80. The molecular weight excluding hydrogens is 300 g/mol. The highest BCUT2D eigenvalue weighted by atomic mass is 79.9. The molecule has 2 rings (SSSR count). The summed E-state index contributed by atoms with van der Waals surface area (Å²) in [5, 5.41) is 1.85. The number of morpholine rings is 1. The third-order valence-electron chi connectivity index (χ3n) is 2.68. The van der Waals surface area contributed by atoms with Crippen molar-refractivity contribution in [1.82, 2.24) is 10.4 Å². The van der Waals surface area contributed by atoms with E-state index in [0.717, 1.165) is 4.47 Å². The average molecular weight is 315 g/mol. The zero-order chi connectivity index (χ0) is 13.0. The number of carbonyl (C=O) groups excluding carboxylic acids is 1. The van der Waals surface area contributed by atoms with Crippen LogP contribution in [0.4, 0.5) is 0 Å². The summed E-state index contributed by atoms with van der Waals surface area (Å²) in [5.41, 5.74) is 3.37. The highest BCUT2D eigenvalue weighted by Crippen LogP contribution is 2.23. The summed E-state index contributed by atoms with van der Waals surface area (Å²) in [4.78, 5) is 12.1. The van der Waals surface area contributed by atoms with Crippen molar-refractivity contribution >= 4 is 21.8 Å². The lowest BCUT2D eigenvalue weighted by atomic mass is 10.2. The Morgan fingerprint density at radius 1 is 1.44 bits per heavy atom. The van der Waals surface area contributed by atoms with Crippen LogP contribution in [0.15, 0.2) is 22.7 Å². The minimum absolute atomic E-state index is 0.166. The second kappa shape index (κ2) is 6.17. The van der Waals surface area contributed by atoms with Crippen LogP contribution in [0.3, 0.4) is 0 Å². The number of hydrogen-bond donors (Lipinski definition) is 1. The summed E-state index contributed by atoms with van der Waals surface area (Å²) in [5.74, 6) is 0.386. The Morgan fingerprint density at radius 3 is 2.83 bits per heavy atom. The molecule has 1 aliphatic heterocycles. The maximum absolute atomic E-state index is 12.1. The van der Waals surface area contributed by atoms with E-state index < -0.39 is 0 Å². The number of hydrazine groups is 1. The van der Waals surface area contributed by atoms with Crippen molar-refractivity contribution in [2.75, 3.05) is 33.4 Å². The van der Waals surface area contributed by atoms with Crippen LogP contribution in [0.2, 0.25) is 0 Å². The van der Waals surface area contributed by atoms with Crippen LogP contribution in [-0.2, 0) is 4.74 Å². The highest BCUT2D eigenvalue weighted by Gasteiger charge is 2.17. The highest BCUT2D eigenvalue weighted by molar-refractivity contribution is 9.10. The van der Waals surface area contributed by atoms with Gasteiger partial charge < -0.3 is 9.47 Å². The van der Waals surface area contributed by atoms with Gasteiger partial charge in [0.1, 0.15) is 5.75 Å². The molecule has 18 heavy (non-hydrogen) atoms. The van der Waals surface area contributed by atoms with Gasteiger partial charge in [-0.05, 0) is 18.2 Å². The maximum Gasteiger partial charge on any atom is 0.269 e. The Labute approximate surface area is 114 Å². The van der Waals surface area contributed by atoms with Gasteiger partial charge in [0.25, 0.3) is 5.91 Å². The third kappa shape index (κ3) is 3.22. The van der Waals surface area contributed by atoms with E-state index in [1.807, 2.05) is 11.1 Å². The maximum atomic E-state index is 12.1. The Hall–Kier alpha value is -1.11. The Balaban J connectivity index is 2.08. The number of carbonyl (C=O) groups is 1. The number of nitrogens with zero attached hydrogens (tertiary/aromatic N) is 1. The van der Waals surface area contributed by atoms with Crippen molar-refractivity contribution < 1.29 is 14.3 Å². The normalized spacial score (nSPS) is 16.3. The number of hydrogen-bond acceptors (Lipinski definition) is 4. The molecule has 5 nitrogen and oxygen atoms in total. The molecule has 0 radical (unpaired) electrons. The van der Waals surface area contributed by atoms with Crippen LogP contribution in [-0.4, -0.2) is 44.3 Å². The summed E-state index contributed by atoms with van der Waals surface area (Å²) in [7, 11) is 1.55. The van der Waals surface area contributed by atoms with Crippen LogP contribution < -0.4 is 10.2 Å². The molecule has 0 spiro atoms. The van der Waals surface area contributed by atoms with Crippen LogP contribution in [0.5, 0.6) is 5.75 Å². The van der Waals surface area contributed by atoms with E-state index in [0.29, 0.717) is 37.6 Å². The topological polar surface area (TPSA) is 50.8 Å². The molecule has 0 bridgehead atoms. The molecule has 0 aliphatic carbocycles. The van der Waals surface area contributed by atoms with Crippen LogP contribution in [0.25, 0.3) is 0 Å². The first-order chi connectivity index (χ1) is 8.70. The molecule has 0 atom stereocenters.